The highest BCUT2D eigenvalue weighted by atomic mass is 19.1. The van der Waals surface area contributed by atoms with Crippen molar-refractivity contribution < 1.29 is 9.18 Å². The predicted molar refractivity (Wildman–Crippen MR) is 75.1 cm³/mol. The lowest BCUT2D eigenvalue weighted by Gasteiger charge is -2.10. The van der Waals surface area contributed by atoms with Crippen LogP contribution in [0.15, 0.2) is 30.9 Å². The lowest BCUT2D eigenvalue weighted by Crippen LogP contribution is -2.30. The first-order valence-corrected chi connectivity index (χ1v) is 6.57. The van der Waals surface area contributed by atoms with Crippen molar-refractivity contribution >= 4 is 11.6 Å². The summed E-state index contributed by atoms with van der Waals surface area (Å²) in [5.74, 6) is -0.199. The highest BCUT2D eigenvalue weighted by Gasteiger charge is 2.20. The van der Waals surface area contributed by atoms with Gasteiger partial charge in [-0.05, 0) is 55.1 Å². The largest absolute Gasteiger partial charge is 0.323 e. The van der Waals surface area contributed by atoms with Crippen molar-refractivity contribution in [1.29, 1.82) is 0 Å². The van der Waals surface area contributed by atoms with Gasteiger partial charge in [-0.25, -0.2) is 0 Å². The van der Waals surface area contributed by atoms with Crippen LogP contribution in [0.2, 0.25) is 0 Å². The minimum Gasteiger partial charge on any atom is -0.323 e. The van der Waals surface area contributed by atoms with Crippen LogP contribution < -0.4 is 10.6 Å². The topological polar surface area (TPSA) is 41.1 Å². The Bertz CT molecular complexity index is 473. The maximum absolute atomic E-state index is 12.0. The summed E-state index contributed by atoms with van der Waals surface area (Å²) in [5.41, 5.74) is 3.35. The van der Waals surface area contributed by atoms with Gasteiger partial charge in [0.15, 0.2) is 0 Å². The van der Waals surface area contributed by atoms with Gasteiger partial charge in [-0.1, -0.05) is 12.6 Å². The summed E-state index contributed by atoms with van der Waals surface area (Å²) in [7, 11) is 0. The lowest BCUT2D eigenvalue weighted by atomic mass is 10.1. The lowest BCUT2D eigenvalue weighted by molar-refractivity contribution is -0.111. The van der Waals surface area contributed by atoms with Gasteiger partial charge < -0.3 is 10.6 Å². The summed E-state index contributed by atoms with van der Waals surface area (Å²) >= 11 is 0. The van der Waals surface area contributed by atoms with E-state index in [-0.39, 0.29) is 12.6 Å². The fraction of sp³-hybridized carbons (Fsp3) is 0.400. The maximum Gasteiger partial charge on any atom is 0.247 e. The van der Waals surface area contributed by atoms with Gasteiger partial charge in [0.05, 0.1) is 6.67 Å². The number of halogens is 1. The predicted octanol–water partition coefficient (Wildman–Crippen LogP) is 2.23. The van der Waals surface area contributed by atoms with E-state index in [2.05, 4.69) is 17.2 Å². The molecule has 1 amide bonds. The van der Waals surface area contributed by atoms with Gasteiger partial charge in [-0.15, -0.1) is 0 Å². The van der Waals surface area contributed by atoms with Crippen molar-refractivity contribution in [3.63, 3.8) is 0 Å². The molecule has 1 aliphatic rings. The number of alkyl halides is 1. The van der Waals surface area contributed by atoms with Gasteiger partial charge in [0.2, 0.25) is 5.91 Å². The molecule has 1 aromatic carbocycles. The zero-order valence-electron chi connectivity index (χ0n) is 10.9. The van der Waals surface area contributed by atoms with Crippen molar-refractivity contribution in [3.8, 4) is 0 Å². The molecule has 1 aliphatic carbocycles. The highest BCUT2D eigenvalue weighted by Crippen LogP contribution is 2.25. The quantitative estimate of drug-likeness (QED) is 0.609. The smallest absolute Gasteiger partial charge is 0.247 e. The molecule has 1 atom stereocenters. The van der Waals surface area contributed by atoms with Gasteiger partial charge in [0.25, 0.3) is 0 Å². The molecule has 0 saturated heterocycles. The van der Waals surface area contributed by atoms with Crippen LogP contribution in [-0.2, 0) is 17.6 Å². The summed E-state index contributed by atoms with van der Waals surface area (Å²) in [6.45, 7) is 3.87. The number of carbonyl (C=O) groups is 1. The molecule has 0 bridgehead atoms. The van der Waals surface area contributed by atoms with Crippen LogP contribution in [0, 0.1) is 0 Å². The van der Waals surface area contributed by atoms with Gasteiger partial charge in [-0.3, -0.25) is 9.18 Å². The number of hydrogen-bond donors (Lipinski definition) is 2. The summed E-state index contributed by atoms with van der Waals surface area (Å²) in [4.78, 5) is 11.2. The second kappa shape index (κ2) is 6.48. The van der Waals surface area contributed by atoms with Crippen LogP contribution >= 0.6 is 0 Å². The standard InChI is InChI=1S/C15H19FN2O/c1-2-15(19)18-13-5-4-11-8-14(10-12(11)9-13)17-7-3-6-16/h2,4-5,9,14,17H,1,3,6-8,10H2,(H,18,19). The molecule has 1 unspecified atom stereocenters. The number of nitrogens with one attached hydrogen (secondary N) is 2. The fourth-order valence-corrected chi connectivity index (χ4v) is 2.41. The van der Waals surface area contributed by atoms with Crippen LogP contribution in [-0.4, -0.2) is 25.2 Å². The Hall–Kier alpha value is -1.68. The molecule has 0 spiro atoms. The third-order valence-corrected chi connectivity index (χ3v) is 3.34. The summed E-state index contributed by atoms with van der Waals surface area (Å²) in [6.07, 6.45) is 3.72. The van der Waals surface area contributed by atoms with E-state index in [0.29, 0.717) is 12.5 Å². The van der Waals surface area contributed by atoms with Crippen molar-refractivity contribution in [2.75, 3.05) is 18.5 Å². The third-order valence-electron chi connectivity index (χ3n) is 3.34. The number of anilines is 1. The van der Waals surface area contributed by atoms with E-state index in [1.165, 1.54) is 17.2 Å². The summed E-state index contributed by atoms with van der Waals surface area (Å²) in [5, 5.41) is 6.12. The zero-order valence-corrected chi connectivity index (χ0v) is 10.9. The van der Waals surface area contributed by atoms with E-state index in [4.69, 9.17) is 0 Å². The van der Waals surface area contributed by atoms with E-state index in [1.54, 1.807) is 0 Å². The average Bonchev–Trinajstić information content (AvgIpc) is 2.81. The number of benzene rings is 1. The normalized spacial score (nSPS) is 17.0. The maximum atomic E-state index is 12.0. The Morgan fingerprint density at radius 2 is 2.21 bits per heavy atom. The Labute approximate surface area is 112 Å². The van der Waals surface area contributed by atoms with Crippen molar-refractivity contribution in [2.24, 2.45) is 0 Å². The molecule has 0 fully saturated rings. The molecule has 2 N–H and O–H groups in total. The Kier molecular flexibility index (Phi) is 4.68. The van der Waals surface area contributed by atoms with Crippen molar-refractivity contribution in [2.45, 2.75) is 25.3 Å². The first-order chi connectivity index (χ1) is 9.22. The molecule has 0 radical (unpaired) electrons. The van der Waals surface area contributed by atoms with Gasteiger partial charge in [0, 0.05) is 11.7 Å². The molecule has 0 aromatic heterocycles. The van der Waals surface area contributed by atoms with Gasteiger partial charge in [0.1, 0.15) is 0 Å². The molecule has 3 nitrogen and oxygen atoms in total. The Morgan fingerprint density at radius 1 is 1.42 bits per heavy atom. The minimum atomic E-state index is -0.273. The number of fused-ring (bicyclic) bond motifs is 1. The zero-order chi connectivity index (χ0) is 13.7. The highest BCUT2D eigenvalue weighted by molar-refractivity contribution is 5.98. The van der Waals surface area contributed by atoms with Crippen LogP contribution in [0.5, 0.6) is 0 Å². The fourth-order valence-electron chi connectivity index (χ4n) is 2.41. The summed E-state index contributed by atoms with van der Waals surface area (Å²) in [6, 6.07) is 6.34. The second-order valence-electron chi connectivity index (χ2n) is 4.78. The molecule has 1 aromatic rings. The van der Waals surface area contributed by atoms with Gasteiger partial charge >= 0.3 is 0 Å². The minimum absolute atomic E-state index is 0.199. The molecule has 0 heterocycles. The number of rotatable bonds is 6. The number of hydrogen-bond acceptors (Lipinski definition) is 2. The van der Waals surface area contributed by atoms with E-state index < -0.39 is 0 Å². The van der Waals surface area contributed by atoms with Crippen LogP contribution in [0.3, 0.4) is 0 Å². The van der Waals surface area contributed by atoms with Crippen LogP contribution in [0.4, 0.5) is 10.1 Å². The van der Waals surface area contributed by atoms with Crippen molar-refractivity contribution in [3.05, 3.63) is 42.0 Å². The molecular formula is C15H19FN2O. The molecular weight excluding hydrogens is 243 g/mol. The molecule has 19 heavy (non-hydrogen) atoms. The van der Waals surface area contributed by atoms with Crippen LogP contribution in [0.25, 0.3) is 0 Å². The molecule has 0 saturated carbocycles. The van der Waals surface area contributed by atoms with E-state index >= 15 is 0 Å². The van der Waals surface area contributed by atoms with Crippen LogP contribution in [0.1, 0.15) is 17.5 Å². The van der Waals surface area contributed by atoms with E-state index in [0.717, 1.165) is 25.1 Å². The number of carbonyl (C=O) groups excluding carboxylic acids is 1. The second-order valence-corrected chi connectivity index (χ2v) is 4.78. The molecule has 4 heteroatoms. The monoisotopic (exact) mass is 262 g/mol. The molecule has 2 rings (SSSR count). The van der Waals surface area contributed by atoms with E-state index in [1.807, 2.05) is 18.2 Å². The third kappa shape index (κ3) is 3.64. The van der Waals surface area contributed by atoms with Gasteiger partial charge in [-0.2, -0.15) is 0 Å². The molecule has 0 aliphatic heterocycles. The van der Waals surface area contributed by atoms with Crippen molar-refractivity contribution in [1.82, 2.24) is 5.32 Å². The first kappa shape index (κ1) is 13.7. The first-order valence-electron chi connectivity index (χ1n) is 6.57. The Morgan fingerprint density at radius 3 is 2.95 bits per heavy atom. The average molecular weight is 262 g/mol. The number of amides is 1. The molecule has 102 valence electrons. The summed E-state index contributed by atoms with van der Waals surface area (Å²) < 4.78 is 12.0. The van der Waals surface area contributed by atoms with E-state index in [9.17, 15) is 9.18 Å². The SMILES string of the molecule is C=CC(=O)Nc1ccc2c(c1)CC(NCCCF)C2. The Balaban J connectivity index is 1.95.